The van der Waals surface area contributed by atoms with E-state index in [0.717, 1.165) is 11.0 Å². The minimum atomic E-state index is -0.144. The molecule has 0 heterocycles. The highest BCUT2D eigenvalue weighted by molar-refractivity contribution is 9.10. The first-order valence-corrected chi connectivity index (χ1v) is 8.26. The van der Waals surface area contributed by atoms with Gasteiger partial charge < -0.3 is 5.32 Å². The van der Waals surface area contributed by atoms with Gasteiger partial charge in [-0.1, -0.05) is 40.2 Å². The van der Waals surface area contributed by atoms with Crippen LogP contribution in [0.4, 0.5) is 4.39 Å². The quantitative estimate of drug-likeness (QED) is 0.837. The van der Waals surface area contributed by atoms with Crippen molar-refractivity contribution in [2.45, 2.75) is 31.7 Å². The molecule has 2 aromatic carbocycles. The molecule has 2 aromatic rings. The molecule has 0 amide bonds. The molecular formula is C18H19BrFN. The topological polar surface area (TPSA) is 12.0 Å². The molecule has 0 radical (unpaired) electrons. The van der Waals surface area contributed by atoms with Crippen LogP contribution in [0.1, 0.15) is 35.4 Å². The summed E-state index contributed by atoms with van der Waals surface area (Å²) in [4.78, 5) is 0. The molecule has 1 unspecified atom stereocenters. The Labute approximate surface area is 133 Å². The fourth-order valence-electron chi connectivity index (χ4n) is 3.13. The summed E-state index contributed by atoms with van der Waals surface area (Å²) in [5, 5.41) is 3.42. The number of rotatable bonds is 4. The van der Waals surface area contributed by atoms with Gasteiger partial charge >= 0.3 is 0 Å². The molecule has 1 nitrogen and oxygen atoms in total. The molecule has 0 bridgehead atoms. The van der Waals surface area contributed by atoms with E-state index in [0.29, 0.717) is 18.0 Å². The van der Waals surface area contributed by atoms with Crippen molar-refractivity contribution in [3.05, 3.63) is 69.4 Å². The highest BCUT2D eigenvalue weighted by Crippen LogP contribution is 2.30. The zero-order chi connectivity index (χ0) is 14.7. The van der Waals surface area contributed by atoms with Crippen molar-refractivity contribution in [1.29, 1.82) is 0 Å². The molecule has 1 aliphatic rings. The lowest BCUT2D eigenvalue weighted by atomic mass is 9.83. The van der Waals surface area contributed by atoms with Gasteiger partial charge in [-0.25, -0.2) is 4.39 Å². The lowest BCUT2D eigenvalue weighted by Crippen LogP contribution is -2.24. The molecule has 1 atom stereocenters. The molecule has 0 spiro atoms. The van der Waals surface area contributed by atoms with E-state index in [2.05, 4.69) is 45.5 Å². The predicted octanol–water partition coefficient (Wildman–Crippen LogP) is 4.80. The first kappa shape index (κ1) is 14.7. The molecule has 1 N–H and O–H groups in total. The van der Waals surface area contributed by atoms with Gasteiger partial charge in [-0.2, -0.15) is 0 Å². The molecule has 0 saturated heterocycles. The standard InChI is InChI=1S/C18H19BrFN/c19-16-8-9-18(20)15(10-16)12-21-11-14-6-3-5-13-4-1-2-7-17(13)14/h1-2,4,7-10,14,21H,3,5-6,11-12H2. The van der Waals surface area contributed by atoms with Crippen LogP contribution in [0.5, 0.6) is 0 Å². The van der Waals surface area contributed by atoms with E-state index in [-0.39, 0.29) is 5.82 Å². The third-order valence-corrected chi connectivity index (χ3v) is 4.70. The molecule has 0 saturated carbocycles. The lowest BCUT2D eigenvalue weighted by Gasteiger charge is -2.25. The first-order valence-electron chi connectivity index (χ1n) is 7.46. The Morgan fingerprint density at radius 2 is 2.05 bits per heavy atom. The number of hydrogen-bond acceptors (Lipinski definition) is 1. The number of benzene rings is 2. The molecule has 21 heavy (non-hydrogen) atoms. The number of halogens is 2. The van der Waals surface area contributed by atoms with Gasteiger partial charge in [-0.3, -0.25) is 0 Å². The van der Waals surface area contributed by atoms with Crippen LogP contribution >= 0.6 is 15.9 Å². The first-order chi connectivity index (χ1) is 10.2. The van der Waals surface area contributed by atoms with Crippen molar-refractivity contribution >= 4 is 15.9 Å². The van der Waals surface area contributed by atoms with Crippen LogP contribution < -0.4 is 5.32 Å². The zero-order valence-corrected chi connectivity index (χ0v) is 13.5. The van der Waals surface area contributed by atoms with E-state index in [4.69, 9.17) is 0 Å². The molecule has 3 rings (SSSR count). The van der Waals surface area contributed by atoms with E-state index in [1.807, 2.05) is 6.07 Å². The van der Waals surface area contributed by atoms with E-state index in [1.54, 1.807) is 6.07 Å². The molecule has 0 fully saturated rings. The minimum absolute atomic E-state index is 0.144. The Hall–Kier alpha value is -1.19. The molecule has 3 heteroatoms. The van der Waals surface area contributed by atoms with Gasteiger partial charge in [0.1, 0.15) is 5.82 Å². The zero-order valence-electron chi connectivity index (χ0n) is 11.9. The van der Waals surface area contributed by atoms with E-state index in [9.17, 15) is 4.39 Å². The second kappa shape index (κ2) is 6.71. The summed E-state index contributed by atoms with van der Waals surface area (Å²) in [6, 6.07) is 13.8. The highest BCUT2D eigenvalue weighted by atomic mass is 79.9. The third-order valence-electron chi connectivity index (χ3n) is 4.21. The van der Waals surface area contributed by atoms with Gasteiger partial charge in [0.15, 0.2) is 0 Å². The van der Waals surface area contributed by atoms with Gasteiger partial charge in [0.05, 0.1) is 0 Å². The average molecular weight is 348 g/mol. The summed E-state index contributed by atoms with van der Waals surface area (Å²) in [5.41, 5.74) is 3.66. The van der Waals surface area contributed by atoms with Gasteiger partial charge in [0.2, 0.25) is 0 Å². The fourth-order valence-corrected chi connectivity index (χ4v) is 3.53. The average Bonchev–Trinajstić information content (AvgIpc) is 2.51. The van der Waals surface area contributed by atoms with Crippen molar-refractivity contribution < 1.29 is 4.39 Å². The summed E-state index contributed by atoms with van der Waals surface area (Å²) in [6.07, 6.45) is 3.65. The van der Waals surface area contributed by atoms with Crippen LogP contribution in [-0.4, -0.2) is 6.54 Å². The van der Waals surface area contributed by atoms with Crippen molar-refractivity contribution in [3.63, 3.8) is 0 Å². The molecule has 110 valence electrons. The molecule has 0 aliphatic heterocycles. The molecular weight excluding hydrogens is 329 g/mol. The molecule has 1 aliphatic carbocycles. The van der Waals surface area contributed by atoms with Gasteiger partial charge in [0, 0.05) is 23.1 Å². The van der Waals surface area contributed by atoms with Gasteiger partial charge in [0.25, 0.3) is 0 Å². The highest BCUT2D eigenvalue weighted by Gasteiger charge is 2.19. The fraction of sp³-hybridized carbons (Fsp3) is 0.333. The van der Waals surface area contributed by atoms with Gasteiger partial charge in [-0.15, -0.1) is 0 Å². The van der Waals surface area contributed by atoms with Crippen molar-refractivity contribution in [2.75, 3.05) is 6.54 Å². The van der Waals surface area contributed by atoms with E-state index in [1.165, 1.54) is 36.5 Å². The maximum Gasteiger partial charge on any atom is 0.127 e. The number of nitrogens with one attached hydrogen (secondary N) is 1. The second-order valence-electron chi connectivity index (χ2n) is 5.65. The predicted molar refractivity (Wildman–Crippen MR) is 87.9 cm³/mol. The number of fused-ring (bicyclic) bond motifs is 1. The maximum absolute atomic E-state index is 13.7. The Morgan fingerprint density at radius 3 is 2.95 bits per heavy atom. The normalized spacial score (nSPS) is 17.5. The minimum Gasteiger partial charge on any atom is -0.312 e. The van der Waals surface area contributed by atoms with Gasteiger partial charge in [-0.05, 0) is 54.5 Å². The van der Waals surface area contributed by atoms with Crippen LogP contribution in [0, 0.1) is 5.82 Å². The largest absolute Gasteiger partial charge is 0.312 e. The van der Waals surface area contributed by atoms with Crippen molar-refractivity contribution in [1.82, 2.24) is 5.32 Å². The van der Waals surface area contributed by atoms with Crippen LogP contribution in [0.2, 0.25) is 0 Å². The lowest BCUT2D eigenvalue weighted by molar-refractivity contribution is 0.500. The number of aryl methyl sites for hydroxylation is 1. The van der Waals surface area contributed by atoms with Crippen LogP contribution in [0.15, 0.2) is 46.9 Å². The van der Waals surface area contributed by atoms with Crippen LogP contribution in [0.25, 0.3) is 0 Å². The number of hydrogen-bond donors (Lipinski definition) is 1. The SMILES string of the molecule is Fc1ccc(Br)cc1CNCC1CCCc2ccccc21. The van der Waals surface area contributed by atoms with Crippen molar-refractivity contribution in [3.8, 4) is 0 Å². The van der Waals surface area contributed by atoms with Crippen molar-refractivity contribution in [2.24, 2.45) is 0 Å². The van der Waals surface area contributed by atoms with E-state index < -0.39 is 0 Å². The Kier molecular flexibility index (Phi) is 4.71. The summed E-state index contributed by atoms with van der Waals surface area (Å²) in [6.45, 7) is 1.48. The van der Waals surface area contributed by atoms with Crippen LogP contribution in [0.3, 0.4) is 0 Å². The maximum atomic E-state index is 13.7. The summed E-state index contributed by atoms with van der Waals surface area (Å²) in [7, 11) is 0. The Balaban J connectivity index is 1.63. The smallest absolute Gasteiger partial charge is 0.127 e. The van der Waals surface area contributed by atoms with Crippen LogP contribution in [-0.2, 0) is 13.0 Å². The Morgan fingerprint density at radius 1 is 1.19 bits per heavy atom. The summed E-state index contributed by atoms with van der Waals surface area (Å²) < 4.78 is 14.6. The third kappa shape index (κ3) is 3.53. The molecule has 0 aromatic heterocycles. The second-order valence-corrected chi connectivity index (χ2v) is 6.57. The monoisotopic (exact) mass is 347 g/mol. The summed E-state index contributed by atoms with van der Waals surface area (Å²) in [5.74, 6) is 0.403. The summed E-state index contributed by atoms with van der Waals surface area (Å²) >= 11 is 3.39. The Bertz CT molecular complexity index is 626. The van der Waals surface area contributed by atoms with E-state index >= 15 is 0 Å².